The summed E-state index contributed by atoms with van der Waals surface area (Å²) in [4.78, 5) is 7.37. The quantitative estimate of drug-likeness (QED) is 0.127. The second-order valence-electron chi connectivity index (χ2n) is 12.9. The SMILES string of the molecule is COc1ccc(CN(c2ccncn2)S(=O)(=O)c2cc(Cl)c(N[C@H]3CC[C@H](c4cccc(C(F)(F)F)c4)C[C@H]3Cc3ccccc3)cc2F)c(OC)c1. The molecule has 1 aliphatic rings. The Kier molecular flexibility index (Phi) is 11.4. The second kappa shape index (κ2) is 16.0. The van der Waals surface area contributed by atoms with Crippen LogP contribution in [-0.4, -0.2) is 38.6 Å². The average molecular weight is 769 g/mol. The minimum atomic E-state index is -4.61. The third-order valence-electron chi connectivity index (χ3n) is 9.57. The first-order valence-electron chi connectivity index (χ1n) is 16.8. The van der Waals surface area contributed by atoms with Crippen molar-refractivity contribution in [2.45, 2.75) is 55.3 Å². The zero-order valence-corrected chi connectivity index (χ0v) is 30.4. The van der Waals surface area contributed by atoms with Gasteiger partial charge in [0.15, 0.2) is 0 Å². The number of hydrogen-bond donors (Lipinski definition) is 1. The number of benzene rings is 4. The van der Waals surface area contributed by atoms with Gasteiger partial charge in [0, 0.05) is 29.9 Å². The van der Waals surface area contributed by atoms with E-state index < -0.39 is 32.5 Å². The van der Waals surface area contributed by atoms with Gasteiger partial charge in [0.25, 0.3) is 10.0 Å². The van der Waals surface area contributed by atoms with Crippen molar-refractivity contribution in [2.24, 2.45) is 5.92 Å². The van der Waals surface area contributed by atoms with Crippen LogP contribution in [0.2, 0.25) is 5.02 Å². The lowest BCUT2D eigenvalue weighted by atomic mass is 9.72. The van der Waals surface area contributed by atoms with E-state index >= 15 is 4.39 Å². The monoisotopic (exact) mass is 768 g/mol. The number of anilines is 2. The van der Waals surface area contributed by atoms with E-state index in [2.05, 4.69) is 15.3 Å². The molecule has 3 atom stereocenters. The number of ether oxygens (including phenoxy) is 2. The van der Waals surface area contributed by atoms with E-state index in [1.807, 2.05) is 30.3 Å². The smallest absolute Gasteiger partial charge is 0.416 e. The highest BCUT2D eigenvalue weighted by atomic mass is 35.5. The molecular weight excluding hydrogens is 732 g/mol. The predicted molar refractivity (Wildman–Crippen MR) is 195 cm³/mol. The fourth-order valence-corrected chi connectivity index (χ4v) is 8.64. The number of sulfonamides is 1. The number of nitrogens with one attached hydrogen (secondary N) is 1. The van der Waals surface area contributed by atoms with Gasteiger partial charge >= 0.3 is 6.18 Å². The molecule has 1 aliphatic carbocycles. The minimum Gasteiger partial charge on any atom is -0.497 e. The molecule has 0 spiro atoms. The maximum Gasteiger partial charge on any atom is 0.416 e. The van der Waals surface area contributed by atoms with Gasteiger partial charge in [-0.3, -0.25) is 0 Å². The van der Waals surface area contributed by atoms with E-state index in [1.165, 1.54) is 44.9 Å². The topological polar surface area (TPSA) is 93.7 Å². The van der Waals surface area contributed by atoms with E-state index in [0.717, 1.165) is 28.1 Å². The summed E-state index contributed by atoms with van der Waals surface area (Å²) in [6.45, 7) is -0.264. The highest BCUT2D eigenvalue weighted by molar-refractivity contribution is 7.92. The summed E-state index contributed by atoms with van der Waals surface area (Å²) in [5.41, 5.74) is 1.65. The Labute approximate surface area is 310 Å². The molecule has 1 aromatic heterocycles. The number of nitrogens with zero attached hydrogens (tertiary/aromatic N) is 3. The van der Waals surface area contributed by atoms with Gasteiger partial charge in [-0.25, -0.2) is 27.1 Å². The molecule has 5 aromatic rings. The molecule has 53 heavy (non-hydrogen) atoms. The molecule has 0 unspecified atom stereocenters. The number of methoxy groups -OCH3 is 2. The molecule has 6 rings (SSSR count). The van der Waals surface area contributed by atoms with Crippen LogP contribution < -0.4 is 19.1 Å². The number of alkyl halides is 3. The lowest BCUT2D eigenvalue weighted by Gasteiger charge is -2.38. The maximum absolute atomic E-state index is 16.1. The zero-order valence-electron chi connectivity index (χ0n) is 28.9. The van der Waals surface area contributed by atoms with Gasteiger partial charge in [0.1, 0.15) is 34.4 Å². The molecule has 0 radical (unpaired) electrons. The molecule has 0 saturated heterocycles. The highest BCUT2D eigenvalue weighted by Crippen LogP contribution is 2.42. The Morgan fingerprint density at radius 1 is 0.943 bits per heavy atom. The Morgan fingerprint density at radius 2 is 1.74 bits per heavy atom. The summed E-state index contributed by atoms with van der Waals surface area (Å²) in [7, 11) is -1.68. The van der Waals surface area contributed by atoms with Crippen LogP contribution in [0.5, 0.6) is 11.5 Å². The summed E-state index contributed by atoms with van der Waals surface area (Å²) in [5, 5.41) is 3.34. The normalized spacial score (nSPS) is 17.6. The van der Waals surface area contributed by atoms with E-state index in [-0.39, 0.29) is 41.0 Å². The van der Waals surface area contributed by atoms with Crippen molar-refractivity contribution in [3.8, 4) is 11.5 Å². The molecule has 0 aliphatic heterocycles. The van der Waals surface area contributed by atoms with Crippen LogP contribution >= 0.6 is 11.6 Å². The van der Waals surface area contributed by atoms with Crippen LogP contribution in [0.15, 0.2) is 108 Å². The van der Waals surface area contributed by atoms with E-state index in [4.69, 9.17) is 21.1 Å². The van der Waals surface area contributed by atoms with Gasteiger partial charge in [-0.15, -0.1) is 0 Å². The summed E-state index contributed by atoms with van der Waals surface area (Å²) in [6.07, 6.45) is 0.438. The van der Waals surface area contributed by atoms with Crippen molar-refractivity contribution in [2.75, 3.05) is 23.8 Å². The first-order valence-corrected chi connectivity index (χ1v) is 18.7. The maximum atomic E-state index is 16.1. The number of rotatable bonds is 12. The first-order chi connectivity index (χ1) is 25.4. The first kappa shape index (κ1) is 37.9. The lowest BCUT2D eigenvalue weighted by Crippen LogP contribution is -2.36. The minimum absolute atomic E-state index is 0.00289. The Hall–Kier alpha value is -4.88. The Balaban J connectivity index is 1.29. The molecule has 278 valence electrons. The van der Waals surface area contributed by atoms with Gasteiger partial charge < -0.3 is 14.8 Å². The average Bonchev–Trinajstić information content (AvgIpc) is 3.16. The van der Waals surface area contributed by atoms with Gasteiger partial charge in [0.05, 0.1) is 37.0 Å². The third-order valence-corrected chi connectivity index (χ3v) is 11.6. The standard InChI is InChI=1S/C39H37ClF4N4O4S/c1-51-31-13-11-28(36(20-31)52-2)23-48(38-15-16-45-24-46-38)53(49,50)37-21-32(40)35(22-33(37)41)47-34-14-12-27(18-29(34)17-25-7-4-3-5-8-25)26-9-6-10-30(19-26)39(42,43)44/h3-11,13,15-16,19-22,24,27,29,34,47H,12,14,17-18,23H2,1-2H3/t27-,29+,34-/m0/s1. The number of halogens is 5. The van der Waals surface area contributed by atoms with Crippen molar-refractivity contribution in [1.29, 1.82) is 0 Å². The van der Waals surface area contributed by atoms with E-state index in [9.17, 15) is 21.6 Å². The lowest BCUT2D eigenvalue weighted by molar-refractivity contribution is -0.137. The van der Waals surface area contributed by atoms with Crippen molar-refractivity contribution in [3.63, 3.8) is 0 Å². The van der Waals surface area contributed by atoms with Gasteiger partial charge in [-0.1, -0.05) is 60.1 Å². The van der Waals surface area contributed by atoms with Crippen molar-refractivity contribution < 1.29 is 35.5 Å². The summed E-state index contributed by atoms with van der Waals surface area (Å²) >= 11 is 6.73. The Morgan fingerprint density at radius 3 is 2.43 bits per heavy atom. The molecular formula is C39H37ClF4N4O4S. The molecule has 0 bridgehead atoms. The van der Waals surface area contributed by atoms with Crippen molar-refractivity contribution >= 4 is 33.1 Å². The number of hydrogen-bond acceptors (Lipinski definition) is 7. The van der Waals surface area contributed by atoms with Crippen LogP contribution in [0, 0.1) is 11.7 Å². The summed E-state index contributed by atoms with van der Waals surface area (Å²) < 4.78 is 97.0. The fourth-order valence-electron chi connectivity index (χ4n) is 6.88. The fraction of sp³-hybridized carbons (Fsp3) is 0.282. The molecule has 1 fully saturated rings. The summed E-state index contributed by atoms with van der Waals surface area (Å²) in [6, 6.07) is 23.4. The van der Waals surface area contributed by atoms with Gasteiger partial charge in [0.2, 0.25) is 0 Å². The van der Waals surface area contributed by atoms with Crippen LogP contribution in [0.4, 0.5) is 29.1 Å². The third kappa shape index (κ3) is 8.68. The molecule has 4 aromatic carbocycles. The molecule has 14 heteroatoms. The second-order valence-corrected chi connectivity index (χ2v) is 15.1. The number of aromatic nitrogens is 2. The van der Waals surface area contributed by atoms with Gasteiger partial charge in [-0.2, -0.15) is 13.2 Å². The zero-order chi connectivity index (χ0) is 37.8. The van der Waals surface area contributed by atoms with Crippen LogP contribution in [0.1, 0.15) is 47.4 Å². The Bertz CT molecular complexity index is 2140. The molecule has 8 nitrogen and oxygen atoms in total. The summed E-state index contributed by atoms with van der Waals surface area (Å²) in [5.74, 6) is -0.378. The van der Waals surface area contributed by atoms with E-state index in [0.29, 0.717) is 48.3 Å². The van der Waals surface area contributed by atoms with Crippen LogP contribution in [-0.2, 0) is 29.2 Å². The largest absolute Gasteiger partial charge is 0.497 e. The van der Waals surface area contributed by atoms with Gasteiger partial charge in [-0.05, 0) is 79.0 Å². The van der Waals surface area contributed by atoms with E-state index in [1.54, 1.807) is 24.3 Å². The molecule has 1 N–H and O–H groups in total. The highest BCUT2D eigenvalue weighted by Gasteiger charge is 2.36. The predicted octanol–water partition coefficient (Wildman–Crippen LogP) is 9.31. The van der Waals surface area contributed by atoms with Crippen molar-refractivity contribution in [1.82, 2.24) is 9.97 Å². The van der Waals surface area contributed by atoms with Crippen LogP contribution in [0.3, 0.4) is 0 Å². The van der Waals surface area contributed by atoms with Crippen LogP contribution in [0.25, 0.3) is 0 Å². The van der Waals surface area contributed by atoms with Crippen molar-refractivity contribution in [3.05, 3.63) is 137 Å². The molecule has 1 saturated carbocycles. The molecule has 1 heterocycles. The molecule has 0 amide bonds.